The van der Waals surface area contributed by atoms with Gasteiger partial charge in [-0.15, -0.1) is 0 Å². The van der Waals surface area contributed by atoms with Crippen molar-refractivity contribution < 1.29 is 84.2 Å². The van der Waals surface area contributed by atoms with E-state index in [1.807, 2.05) is 0 Å². The maximum atomic E-state index is 12.6. The zero-order chi connectivity index (χ0) is 37.9. The predicted octanol–water partition coefficient (Wildman–Crippen LogP) is 4.70. The summed E-state index contributed by atoms with van der Waals surface area (Å²) in [5.41, 5.74) is 0. The molecule has 0 aliphatic carbocycles. The fraction of sp³-hybridized carbons (Fsp3) is 0.941. The normalized spacial score (nSPS) is 16.8. The Labute approximate surface area is 309 Å². The van der Waals surface area contributed by atoms with E-state index in [9.17, 15) is 29.3 Å². The number of unbranched alkanes of at least 4 members (excludes halogenated alkanes) is 20. The molecule has 268 valence electrons. The van der Waals surface area contributed by atoms with Crippen LogP contribution in [0.3, 0.4) is 0 Å². The van der Waals surface area contributed by atoms with Gasteiger partial charge >= 0.3 is 41.5 Å². The Bertz CT molecular complexity index is 944. The largest absolute Gasteiger partial charge is 1.00 e. The minimum Gasteiger partial charge on any atom is -0.756 e. The van der Waals surface area contributed by atoms with Crippen LogP contribution >= 0.6 is 7.82 Å². The van der Waals surface area contributed by atoms with Crippen LogP contribution in [0.2, 0.25) is 0 Å². The van der Waals surface area contributed by atoms with E-state index >= 15 is 0 Å². The van der Waals surface area contributed by atoms with Crippen molar-refractivity contribution in [2.24, 2.45) is 0 Å². The monoisotopic (exact) mass is 693 g/mol. The molecule has 0 heterocycles. The summed E-state index contributed by atoms with van der Waals surface area (Å²) in [5, 5.41) is 19.1. The summed E-state index contributed by atoms with van der Waals surface area (Å²) in [5.74, 6) is -1.25. The first-order chi connectivity index (χ1) is 23.5. The van der Waals surface area contributed by atoms with Crippen molar-refractivity contribution >= 4 is 19.8 Å². The molecule has 3 atom stereocenters. The second kappa shape index (κ2) is 34.8. The number of phosphoric acid groups is 1. The SMILES string of the molecule is [2H]C([2H])(O)[C@]([2H])(O)C([2H])([2H])OP(=O)([O-])OC[C@@H](COC(=O)CCCCCCCCCCCCC)OC(=O)CCCCCCCCCCCCC.[Na+]. The van der Waals surface area contributed by atoms with Gasteiger partial charge in [-0.1, -0.05) is 142 Å². The van der Waals surface area contributed by atoms with Gasteiger partial charge in [0, 0.05) is 12.8 Å². The van der Waals surface area contributed by atoms with E-state index in [0.717, 1.165) is 51.4 Å². The third kappa shape index (κ3) is 33.9. The van der Waals surface area contributed by atoms with Crippen LogP contribution in [0.5, 0.6) is 0 Å². The van der Waals surface area contributed by atoms with Gasteiger partial charge in [0.05, 0.1) is 26.6 Å². The van der Waals surface area contributed by atoms with Gasteiger partial charge in [-0.25, -0.2) is 0 Å². The number of aliphatic hydroxyl groups is 2. The van der Waals surface area contributed by atoms with Gasteiger partial charge in [-0.05, 0) is 12.8 Å². The summed E-state index contributed by atoms with van der Waals surface area (Å²) in [7, 11) is -5.73. The number of rotatable bonds is 34. The molecular weight excluding hydrogens is 622 g/mol. The van der Waals surface area contributed by atoms with Crippen molar-refractivity contribution in [3.63, 3.8) is 0 Å². The Kier molecular flexibility index (Phi) is 29.3. The molecule has 0 radical (unpaired) electrons. The van der Waals surface area contributed by atoms with Gasteiger partial charge in [0.2, 0.25) is 0 Å². The second-order valence-corrected chi connectivity index (χ2v) is 13.1. The van der Waals surface area contributed by atoms with Gasteiger partial charge in [0.1, 0.15) is 12.7 Å². The molecule has 2 N–H and O–H groups in total. The number of hydrogen-bond donors (Lipinski definition) is 2. The molecule has 0 saturated carbocycles. The first-order valence-electron chi connectivity index (χ1n) is 19.9. The average molecular weight is 694 g/mol. The molecule has 0 amide bonds. The summed E-state index contributed by atoms with van der Waals surface area (Å²) < 4.78 is 68.1. The quantitative estimate of drug-likeness (QED) is 0.0420. The van der Waals surface area contributed by atoms with E-state index in [0.29, 0.717) is 12.8 Å². The summed E-state index contributed by atoms with van der Waals surface area (Å²) in [6.45, 7) is -5.00. The topological polar surface area (TPSA) is 152 Å². The summed E-state index contributed by atoms with van der Waals surface area (Å²) in [4.78, 5) is 37.3. The molecule has 0 aliphatic rings. The predicted molar refractivity (Wildman–Crippen MR) is 176 cm³/mol. The molecule has 0 saturated heterocycles. The third-order valence-corrected chi connectivity index (χ3v) is 8.26. The number of hydrogen-bond acceptors (Lipinski definition) is 10. The molecule has 10 nitrogen and oxygen atoms in total. The number of carbonyl (C=O) groups is 2. The number of carbonyl (C=O) groups excluding carboxylic acids is 2. The smallest absolute Gasteiger partial charge is 0.756 e. The minimum absolute atomic E-state index is 0. The van der Waals surface area contributed by atoms with Crippen molar-refractivity contribution in [2.45, 2.75) is 180 Å². The van der Waals surface area contributed by atoms with Crippen LogP contribution in [0.15, 0.2) is 0 Å². The fourth-order valence-electron chi connectivity index (χ4n) is 4.81. The van der Waals surface area contributed by atoms with Crippen LogP contribution < -0.4 is 34.5 Å². The van der Waals surface area contributed by atoms with Crippen molar-refractivity contribution in [3.8, 4) is 0 Å². The van der Waals surface area contributed by atoms with E-state index in [4.69, 9.17) is 16.3 Å². The Morgan fingerprint density at radius 2 is 1.09 bits per heavy atom. The Morgan fingerprint density at radius 3 is 1.50 bits per heavy atom. The van der Waals surface area contributed by atoms with Crippen LogP contribution in [0, 0.1) is 0 Å². The van der Waals surface area contributed by atoms with E-state index in [-0.39, 0.29) is 42.4 Å². The van der Waals surface area contributed by atoms with E-state index < -0.39 is 58.3 Å². The van der Waals surface area contributed by atoms with Gasteiger partial charge in [-0.2, -0.15) is 0 Å². The first-order valence-corrected chi connectivity index (χ1v) is 18.9. The first kappa shape index (κ1) is 38.8. The molecule has 0 spiro atoms. The summed E-state index contributed by atoms with van der Waals surface area (Å²) >= 11 is 0. The molecule has 0 aromatic heterocycles. The molecule has 0 aromatic rings. The minimum atomic E-state index is -5.73. The molecule has 0 fully saturated rings. The molecule has 0 aliphatic heterocycles. The maximum Gasteiger partial charge on any atom is 1.00 e. The summed E-state index contributed by atoms with van der Waals surface area (Å²) in [6.07, 6.45) is 18.8. The van der Waals surface area contributed by atoms with Gasteiger partial charge in [-0.3, -0.25) is 14.2 Å². The zero-order valence-corrected chi connectivity index (χ0v) is 32.0. The second-order valence-electron chi connectivity index (χ2n) is 11.8. The zero-order valence-electron chi connectivity index (χ0n) is 34.1. The van der Waals surface area contributed by atoms with E-state index in [2.05, 4.69) is 22.9 Å². The Balaban J connectivity index is 0. The third-order valence-electron chi connectivity index (χ3n) is 7.48. The standard InChI is InChI=1S/C34H67O10P.Na/c1-3-5-7-9-11-13-15-17-19-21-23-25-33(37)41-29-32(30-43-45(39,40)42-28-31(36)27-35)44-34(38)26-24-22-20-18-16-14-12-10-8-6-4-2;/h31-32,35-36H,3-30H2,1-2H3,(H,39,40);/q;+1/p-1/t31-,32+;/m0./s1/i27D2,28D2,31D;. The van der Waals surface area contributed by atoms with Crippen molar-refractivity contribution in [3.05, 3.63) is 0 Å². The van der Waals surface area contributed by atoms with Crippen LogP contribution in [-0.4, -0.2) is 60.7 Å². The van der Waals surface area contributed by atoms with Gasteiger partial charge < -0.3 is 33.6 Å². The number of esters is 2. The molecule has 0 bridgehead atoms. The number of ether oxygens (including phenoxy) is 2. The maximum absolute atomic E-state index is 12.6. The Hall–Kier alpha value is -0.0300. The average Bonchev–Trinajstić information content (AvgIpc) is 3.02. The van der Waals surface area contributed by atoms with Crippen LogP contribution in [0.1, 0.15) is 175 Å². The molecular formula is C34H66NaO10P. The van der Waals surface area contributed by atoms with Crippen LogP contribution in [0.4, 0.5) is 0 Å². The van der Waals surface area contributed by atoms with Crippen LogP contribution in [-0.2, 0) is 32.7 Å². The molecule has 0 rings (SSSR count). The summed E-state index contributed by atoms with van der Waals surface area (Å²) in [6, 6.07) is 0. The van der Waals surface area contributed by atoms with E-state index in [1.54, 1.807) is 0 Å². The number of phosphoric ester groups is 1. The molecule has 46 heavy (non-hydrogen) atoms. The van der Waals surface area contributed by atoms with E-state index in [1.165, 1.54) is 77.0 Å². The Morgan fingerprint density at radius 1 is 0.696 bits per heavy atom. The van der Waals surface area contributed by atoms with Crippen molar-refractivity contribution in [1.29, 1.82) is 0 Å². The molecule has 0 aromatic carbocycles. The van der Waals surface area contributed by atoms with Crippen molar-refractivity contribution in [1.82, 2.24) is 0 Å². The van der Waals surface area contributed by atoms with Gasteiger partial charge in [0.15, 0.2) is 6.10 Å². The molecule has 1 unspecified atom stereocenters. The van der Waals surface area contributed by atoms with Crippen molar-refractivity contribution in [2.75, 3.05) is 26.3 Å². The molecule has 12 heteroatoms. The fourth-order valence-corrected chi connectivity index (χ4v) is 5.41. The van der Waals surface area contributed by atoms with Crippen LogP contribution in [0.25, 0.3) is 0 Å². The van der Waals surface area contributed by atoms with Gasteiger partial charge in [0.25, 0.3) is 7.82 Å².